The van der Waals surface area contributed by atoms with Crippen molar-refractivity contribution < 1.29 is 9.21 Å². The van der Waals surface area contributed by atoms with Gasteiger partial charge in [0, 0.05) is 11.8 Å². The number of amides is 1. The van der Waals surface area contributed by atoms with Gasteiger partial charge < -0.3 is 14.7 Å². The number of furan rings is 1. The summed E-state index contributed by atoms with van der Waals surface area (Å²) in [4.78, 5) is 30.4. The average Bonchev–Trinajstić information content (AvgIpc) is 2.99. The quantitative estimate of drug-likeness (QED) is 0.603. The first-order chi connectivity index (χ1) is 10.6. The summed E-state index contributed by atoms with van der Waals surface area (Å²) < 4.78 is 5.24. The summed E-state index contributed by atoms with van der Waals surface area (Å²) in [6.07, 6.45) is 3.24. The first-order valence-corrected chi connectivity index (χ1v) is 8.13. The maximum Gasteiger partial charge on any atom is 0.251 e. The number of nitrogens with zero attached hydrogens (tertiary/aromatic N) is 1. The Morgan fingerprint density at radius 1 is 1.55 bits per heavy atom. The van der Waals surface area contributed by atoms with E-state index in [0.29, 0.717) is 10.9 Å². The number of aromatic nitrogens is 2. The Balaban J connectivity index is 1.89. The zero-order valence-corrected chi connectivity index (χ0v) is 13.4. The van der Waals surface area contributed by atoms with Crippen LogP contribution in [-0.2, 0) is 11.2 Å². The molecule has 1 amide bonds. The van der Waals surface area contributed by atoms with E-state index in [1.54, 1.807) is 12.3 Å². The van der Waals surface area contributed by atoms with E-state index in [0.717, 1.165) is 18.5 Å². The van der Waals surface area contributed by atoms with E-state index in [2.05, 4.69) is 15.3 Å². The van der Waals surface area contributed by atoms with Gasteiger partial charge in [-0.05, 0) is 25.5 Å². The maximum atomic E-state index is 11.9. The minimum Gasteiger partial charge on any atom is -0.467 e. The molecular weight excluding hydrogens is 302 g/mol. The number of hydrogen-bond donors (Lipinski definition) is 2. The van der Waals surface area contributed by atoms with Gasteiger partial charge in [-0.15, -0.1) is 0 Å². The Hall–Kier alpha value is -2.02. The van der Waals surface area contributed by atoms with Crippen molar-refractivity contribution in [2.45, 2.75) is 37.9 Å². The lowest BCUT2D eigenvalue weighted by Gasteiger charge is -2.11. The van der Waals surface area contributed by atoms with Crippen LogP contribution in [0.5, 0.6) is 0 Å². The summed E-state index contributed by atoms with van der Waals surface area (Å²) in [7, 11) is 0. The Kier molecular flexibility index (Phi) is 5.83. The van der Waals surface area contributed by atoms with Crippen molar-refractivity contribution in [2.24, 2.45) is 0 Å². The lowest BCUT2D eigenvalue weighted by molar-refractivity contribution is -0.119. The molecule has 2 heterocycles. The third-order valence-corrected chi connectivity index (χ3v) is 3.84. The van der Waals surface area contributed by atoms with E-state index in [9.17, 15) is 9.59 Å². The van der Waals surface area contributed by atoms with Gasteiger partial charge in [-0.1, -0.05) is 25.1 Å². The number of aryl methyl sites for hydroxylation is 1. The van der Waals surface area contributed by atoms with Crippen LogP contribution in [0, 0.1) is 0 Å². The molecule has 2 rings (SSSR count). The standard InChI is InChI=1S/C15H19N3O3S/c1-3-5-11-8-13(19)18-15(17-11)22-9-14(20)16-10(2)12-6-4-7-21-12/h4,6-8,10H,3,5,9H2,1-2H3,(H,16,20)(H,17,18,19). The Labute approximate surface area is 132 Å². The molecule has 2 aromatic rings. The highest BCUT2D eigenvalue weighted by molar-refractivity contribution is 7.99. The number of nitrogens with one attached hydrogen (secondary N) is 2. The van der Waals surface area contributed by atoms with Crippen LogP contribution in [0.3, 0.4) is 0 Å². The van der Waals surface area contributed by atoms with Crippen LogP contribution >= 0.6 is 11.8 Å². The van der Waals surface area contributed by atoms with Crippen molar-refractivity contribution in [3.8, 4) is 0 Å². The fourth-order valence-corrected chi connectivity index (χ4v) is 2.67. The zero-order chi connectivity index (χ0) is 15.9. The molecule has 2 N–H and O–H groups in total. The second kappa shape index (κ2) is 7.84. The summed E-state index contributed by atoms with van der Waals surface area (Å²) in [6, 6.07) is 4.89. The van der Waals surface area contributed by atoms with Gasteiger partial charge in [0.25, 0.3) is 5.56 Å². The number of carbonyl (C=O) groups excluding carboxylic acids is 1. The molecule has 22 heavy (non-hydrogen) atoms. The minimum absolute atomic E-state index is 0.141. The highest BCUT2D eigenvalue weighted by Gasteiger charge is 2.12. The Morgan fingerprint density at radius 2 is 2.36 bits per heavy atom. The molecule has 0 aliphatic heterocycles. The molecule has 2 aromatic heterocycles. The molecule has 118 valence electrons. The minimum atomic E-state index is -0.193. The van der Waals surface area contributed by atoms with E-state index < -0.39 is 0 Å². The molecule has 0 radical (unpaired) electrons. The highest BCUT2D eigenvalue weighted by atomic mass is 32.2. The van der Waals surface area contributed by atoms with Crippen LogP contribution in [0.4, 0.5) is 0 Å². The molecule has 0 aliphatic carbocycles. The molecule has 0 saturated heterocycles. The first kappa shape index (κ1) is 16.4. The van der Waals surface area contributed by atoms with Gasteiger partial charge in [0.2, 0.25) is 5.91 Å². The van der Waals surface area contributed by atoms with E-state index in [4.69, 9.17) is 4.42 Å². The maximum absolute atomic E-state index is 11.9. The zero-order valence-electron chi connectivity index (χ0n) is 12.6. The van der Waals surface area contributed by atoms with Gasteiger partial charge in [0.1, 0.15) is 5.76 Å². The fraction of sp³-hybridized carbons (Fsp3) is 0.400. The monoisotopic (exact) mass is 321 g/mol. The van der Waals surface area contributed by atoms with Crippen molar-refractivity contribution in [2.75, 3.05) is 5.75 Å². The summed E-state index contributed by atoms with van der Waals surface area (Å²) in [5.41, 5.74) is 0.559. The smallest absolute Gasteiger partial charge is 0.251 e. The van der Waals surface area contributed by atoms with Crippen LogP contribution in [-0.4, -0.2) is 21.6 Å². The normalized spacial score (nSPS) is 12.1. The Morgan fingerprint density at radius 3 is 3.05 bits per heavy atom. The summed E-state index contributed by atoms with van der Waals surface area (Å²) in [5, 5.41) is 3.30. The molecule has 0 spiro atoms. The number of carbonyl (C=O) groups is 1. The second-order valence-corrected chi connectivity index (χ2v) is 5.85. The second-order valence-electron chi connectivity index (χ2n) is 4.89. The molecule has 0 saturated carbocycles. The predicted molar refractivity (Wildman–Crippen MR) is 84.8 cm³/mol. The lowest BCUT2D eigenvalue weighted by atomic mass is 10.2. The van der Waals surface area contributed by atoms with Gasteiger partial charge >= 0.3 is 0 Å². The SMILES string of the molecule is CCCc1cc(=O)[nH]c(SCC(=O)NC(C)c2ccco2)n1. The molecule has 0 aliphatic rings. The van der Waals surface area contributed by atoms with Crippen molar-refractivity contribution in [1.29, 1.82) is 0 Å². The molecule has 7 heteroatoms. The van der Waals surface area contributed by atoms with Crippen LogP contribution in [0.15, 0.2) is 38.8 Å². The number of hydrogen-bond acceptors (Lipinski definition) is 5. The van der Waals surface area contributed by atoms with E-state index in [-0.39, 0.29) is 23.3 Å². The first-order valence-electron chi connectivity index (χ1n) is 7.14. The summed E-state index contributed by atoms with van der Waals surface area (Å²) >= 11 is 1.21. The van der Waals surface area contributed by atoms with E-state index in [1.807, 2.05) is 19.9 Å². The molecule has 6 nitrogen and oxygen atoms in total. The molecule has 1 atom stereocenters. The predicted octanol–water partition coefficient (Wildman–Crippen LogP) is 2.28. The highest BCUT2D eigenvalue weighted by Crippen LogP contribution is 2.15. The van der Waals surface area contributed by atoms with Gasteiger partial charge in [-0.3, -0.25) is 9.59 Å². The molecule has 0 fully saturated rings. The number of thioether (sulfide) groups is 1. The number of rotatable bonds is 7. The molecule has 0 bridgehead atoms. The van der Waals surface area contributed by atoms with Gasteiger partial charge in [-0.2, -0.15) is 0 Å². The summed E-state index contributed by atoms with van der Waals surface area (Å²) in [5.74, 6) is 0.746. The van der Waals surface area contributed by atoms with Crippen molar-refractivity contribution in [3.05, 3.63) is 46.3 Å². The van der Waals surface area contributed by atoms with E-state index in [1.165, 1.54) is 17.8 Å². The molecular formula is C15H19N3O3S. The third kappa shape index (κ3) is 4.77. The van der Waals surface area contributed by atoms with Crippen LogP contribution < -0.4 is 10.9 Å². The van der Waals surface area contributed by atoms with Crippen molar-refractivity contribution in [3.63, 3.8) is 0 Å². The van der Waals surface area contributed by atoms with Crippen molar-refractivity contribution in [1.82, 2.24) is 15.3 Å². The van der Waals surface area contributed by atoms with Crippen LogP contribution in [0.2, 0.25) is 0 Å². The molecule has 0 aromatic carbocycles. The summed E-state index contributed by atoms with van der Waals surface area (Å²) in [6.45, 7) is 3.88. The largest absolute Gasteiger partial charge is 0.467 e. The topological polar surface area (TPSA) is 88.0 Å². The molecule has 1 unspecified atom stereocenters. The average molecular weight is 321 g/mol. The van der Waals surface area contributed by atoms with Crippen molar-refractivity contribution >= 4 is 17.7 Å². The van der Waals surface area contributed by atoms with Crippen LogP contribution in [0.1, 0.15) is 37.8 Å². The van der Waals surface area contributed by atoms with Gasteiger partial charge in [-0.25, -0.2) is 4.98 Å². The number of aromatic amines is 1. The lowest BCUT2D eigenvalue weighted by Crippen LogP contribution is -2.28. The van der Waals surface area contributed by atoms with Gasteiger partial charge in [0.05, 0.1) is 18.1 Å². The van der Waals surface area contributed by atoms with E-state index >= 15 is 0 Å². The fourth-order valence-electron chi connectivity index (χ4n) is 1.96. The Bertz CT molecular complexity index is 667. The number of H-pyrrole nitrogens is 1. The van der Waals surface area contributed by atoms with Gasteiger partial charge in [0.15, 0.2) is 5.16 Å². The van der Waals surface area contributed by atoms with Crippen LogP contribution in [0.25, 0.3) is 0 Å². The third-order valence-electron chi connectivity index (χ3n) is 2.97.